The highest BCUT2D eigenvalue weighted by molar-refractivity contribution is 9.10. The van der Waals surface area contributed by atoms with Crippen molar-refractivity contribution >= 4 is 39.4 Å². The van der Waals surface area contributed by atoms with Gasteiger partial charge in [0, 0.05) is 41.4 Å². The van der Waals surface area contributed by atoms with E-state index < -0.39 is 5.97 Å². The minimum Gasteiger partial charge on any atom is -0.456 e. The van der Waals surface area contributed by atoms with Crippen LogP contribution in [0.4, 0.5) is 0 Å². The van der Waals surface area contributed by atoms with Crippen molar-refractivity contribution in [1.29, 1.82) is 0 Å². The Labute approximate surface area is 177 Å². The van der Waals surface area contributed by atoms with E-state index in [1.54, 1.807) is 19.2 Å². The zero-order chi connectivity index (χ0) is 21.0. The first-order valence-corrected chi connectivity index (χ1v) is 9.91. The summed E-state index contributed by atoms with van der Waals surface area (Å²) in [5.74, 6) is -1.02. The number of nitrogens with zero attached hydrogens (tertiary/aromatic N) is 2. The summed E-state index contributed by atoms with van der Waals surface area (Å²) in [7, 11) is 1.65. The molecule has 7 heteroatoms. The molecule has 0 unspecified atom stereocenters. The molecule has 2 aromatic carbocycles. The quantitative estimate of drug-likeness (QED) is 0.598. The van der Waals surface area contributed by atoms with Gasteiger partial charge in [0.1, 0.15) is 0 Å². The van der Waals surface area contributed by atoms with Gasteiger partial charge in [-0.25, -0.2) is 0 Å². The third kappa shape index (κ3) is 4.74. The lowest BCUT2D eigenvalue weighted by atomic mass is 10.1. The number of hydrogen-bond acceptors (Lipinski definition) is 4. The van der Waals surface area contributed by atoms with Crippen LogP contribution in [-0.2, 0) is 20.9 Å². The Balaban J connectivity index is 1.46. The summed E-state index contributed by atoms with van der Waals surface area (Å²) in [6.45, 7) is 4.16. The van der Waals surface area contributed by atoms with E-state index in [1.807, 2.05) is 36.4 Å². The number of benzene rings is 2. The molecule has 0 saturated heterocycles. The van der Waals surface area contributed by atoms with Gasteiger partial charge in [-0.3, -0.25) is 14.4 Å². The van der Waals surface area contributed by atoms with Crippen molar-refractivity contribution in [2.75, 3.05) is 20.2 Å². The molecule has 2 amide bonds. The molecule has 0 fully saturated rings. The van der Waals surface area contributed by atoms with Crippen molar-refractivity contribution in [3.05, 3.63) is 76.3 Å². The number of hydrogen-bond donors (Lipinski definition) is 0. The number of amides is 2. The zero-order valence-electron chi connectivity index (χ0n) is 16.1. The van der Waals surface area contributed by atoms with Crippen LogP contribution in [0.25, 0.3) is 5.70 Å². The third-order valence-electron chi connectivity index (χ3n) is 4.73. The maximum absolute atomic E-state index is 12.4. The predicted octanol–water partition coefficient (Wildman–Crippen LogP) is 3.47. The van der Waals surface area contributed by atoms with Crippen LogP contribution in [0.2, 0.25) is 0 Å². The number of carbonyl (C=O) groups is 3. The molecule has 0 N–H and O–H groups in total. The second-order valence-corrected chi connectivity index (χ2v) is 7.56. The molecule has 3 rings (SSSR count). The van der Waals surface area contributed by atoms with Crippen molar-refractivity contribution in [1.82, 2.24) is 9.80 Å². The Bertz CT molecular complexity index is 938. The van der Waals surface area contributed by atoms with E-state index in [-0.39, 0.29) is 31.4 Å². The molecule has 0 bridgehead atoms. The first-order chi connectivity index (χ1) is 13.9. The van der Waals surface area contributed by atoms with E-state index in [0.717, 1.165) is 15.6 Å². The summed E-state index contributed by atoms with van der Waals surface area (Å²) in [5, 5.41) is 0. The highest BCUT2D eigenvalue weighted by Crippen LogP contribution is 2.31. The van der Waals surface area contributed by atoms with Crippen LogP contribution >= 0.6 is 15.9 Å². The van der Waals surface area contributed by atoms with Gasteiger partial charge in [-0.1, -0.05) is 58.9 Å². The molecule has 0 atom stereocenters. The van der Waals surface area contributed by atoms with Gasteiger partial charge < -0.3 is 14.5 Å². The van der Waals surface area contributed by atoms with Crippen molar-refractivity contribution < 1.29 is 19.1 Å². The first-order valence-electron chi connectivity index (χ1n) is 9.11. The average molecular weight is 457 g/mol. The summed E-state index contributed by atoms with van der Waals surface area (Å²) in [5.41, 5.74) is 2.88. The van der Waals surface area contributed by atoms with Crippen molar-refractivity contribution in [2.24, 2.45) is 0 Å². The number of ether oxygens (including phenoxy) is 1. The molecular formula is C22H21BrN2O4. The van der Waals surface area contributed by atoms with Gasteiger partial charge in [0.05, 0.1) is 6.42 Å². The van der Waals surface area contributed by atoms with Crippen molar-refractivity contribution in [3.63, 3.8) is 0 Å². The van der Waals surface area contributed by atoms with Gasteiger partial charge in [-0.15, -0.1) is 0 Å². The Morgan fingerprint density at radius 2 is 1.76 bits per heavy atom. The van der Waals surface area contributed by atoms with E-state index in [4.69, 9.17) is 4.74 Å². The lowest BCUT2D eigenvalue weighted by Gasteiger charge is -2.19. The molecule has 0 aliphatic carbocycles. The average Bonchev–Trinajstić information content (AvgIpc) is 2.96. The van der Waals surface area contributed by atoms with Crippen molar-refractivity contribution in [3.8, 4) is 0 Å². The number of esters is 1. The third-order valence-corrected chi connectivity index (χ3v) is 5.50. The maximum atomic E-state index is 12.4. The number of halogens is 1. The van der Waals surface area contributed by atoms with Gasteiger partial charge in [0.15, 0.2) is 6.61 Å². The van der Waals surface area contributed by atoms with E-state index in [9.17, 15) is 14.4 Å². The van der Waals surface area contributed by atoms with Crippen LogP contribution in [0.15, 0.2) is 59.6 Å². The van der Waals surface area contributed by atoms with E-state index >= 15 is 0 Å². The monoisotopic (exact) mass is 456 g/mol. The summed E-state index contributed by atoms with van der Waals surface area (Å²) >= 11 is 3.45. The fraction of sp³-hybridized carbons (Fsp3) is 0.227. The lowest BCUT2D eigenvalue weighted by Crippen LogP contribution is -2.32. The van der Waals surface area contributed by atoms with Crippen molar-refractivity contribution in [2.45, 2.75) is 13.0 Å². The van der Waals surface area contributed by atoms with Crippen LogP contribution < -0.4 is 0 Å². The molecule has 0 saturated carbocycles. The van der Waals surface area contributed by atoms with E-state index in [1.165, 1.54) is 9.80 Å². The second-order valence-electron chi connectivity index (χ2n) is 6.70. The van der Waals surface area contributed by atoms with Crippen LogP contribution in [0.3, 0.4) is 0 Å². The fourth-order valence-corrected chi connectivity index (χ4v) is 3.48. The van der Waals surface area contributed by atoms with Gasteiger partial charge in [-0.2, -0.15) is 0 Å². The van der Waals surface area contributed by atoms with Gasteiger partial charge in [0.25, 0.3) is 11.8 Å². The molecule has 0 radical (unpaired) electrons. The lowest BCUT2D eigenvalue weighted by molar-refractivity contribution is -0.151. The van der Waals surface area contributed by atoms with Gasteiger partial charge in [-0.05, 0) is 17.7 Å². The predicted molar refractivity (Wildman–Crippen MR) is 113 cm³/mol. The molecule has 0 spiro atoms. The van der Waals surface area contributed by atoms with E-state index in [2.05, 4.69) is 22.5 Å². The highest BCUT2D eigenvalue weighted by atomic mass is 79.9. The van der Waals surface area contributed by atoms with Crippen LogP contribution in [0, 0.1) is 0 Å². The maximum Gasteiger partial charge on any atom is 0.308 e. The minimum atomic E-state index is -0.538. The zero-order valence-corrected chi connectivity index (χ0v) is 17.6. The van der Waals surface area contributed by atoms with Gasteiger partial charge >= 0.3 is 5.97 Å². The standard InChI is InChI=1S/C22H21BrN2O4/c1-15-17-8-4-5-9-18(17)22(28)25(15)12-11-21(27)29-14-20(26)24(2)13-16-7-3-6-10-19(16)23/h3-10H,1,11-14H2,2H3. The topological polar surface area (TPSA) is 66.9 Å². The molecule has 0 aromatic heterocycles. The molecule has 150 valence electrons. The Kier molecular flexibility index (Phi) is 6.49. The largest absolute Gasteiger partial charge is 0.456 e. The van der Waals surface area contributed by atoms with Crippen LogP contribution in [-0.4, -0.2) is 47.8 Å². The molecule has 1 aliphatic rings. The fourth-order valence-electron chi connectivity index (χ4n) is 3.07. The van der Waals surface area contributed by atoms with Crippen LogP contribution in [0.5, 0.6) is 0 Å². The number of likely N-dealkylation sites (N-methyl/N-ethyl adjacent to an activating group) is 1. The molecule has 1 aliphatic heterocycles. The summed E-state index contributed by atoms with van der Waals surface area (Å²) < 4.78 is 6.00. The number of fused-ring (bicyclic) bond motifs is 1. The highest BCUT2D eigenvalue weighted by Gasteiger charge is 2.30. The van der Waals surface area contributed by atoms with Gasteiger partial charge in [0.2, 0.25) is 0 Å². The number of carbonyl (C=O) groups excluding carboxylic acids is 3. The normalized spacial score (nSPS) is 12.7. The molecule has 6 nitrogen and oxygen atoms in total. The molecule has 2 aromatic rings. The Morgan fingerprint density at radius 1 is 1.10 bits per heavy atom. The minimum absolute atomic E-state index is 0.0139. The second kappa shape index (κ2) is 9.05. The number of rotatable bonds is 7. The summed E-state index contributed by atoms with van der Waals surface area (Å²) in [6, 6.07) is 14.8. The van der Waals surface area contributed by atoms with Crippen LogP contribution in [0.1, 0.15) is 27.9 Å². The SMILES string of the molecule is C=C1c2ccccc2C(=O)N1CCC(=O)OCC(=O)N(C)Cc1ccccc1Br. The molecular weight excluding hydrogens is 436 g/mol. The smallest absolute Gasteiger partial charge is 0.308 e. The molecule has 29 heavy (non-hydrogen) atoms. The van der Waals surface area contributed by atoms with E-state index in [0.29, 0.717) is 17.8 Å². The summed E-state index contributed by atoms with van der Waals surface area (Å²) in [4.78, 5) is 39.7. The Hall–Kier alpha value is -2.93. The Morgan fingerprint density at radius 3 is 2.45 bits per heavy atom. The summed E-state index contributed by atoms with van der Waals surface area (Å²) in [6.07, 6.45) is -0.0139. The first kappa shape index (κ1) is 20.8. The molecule has 1 heterocycles.